The predicted molar refractivity (Wildman–Crippen MR) is 104 cm³/mol. The molecule has 0 radical (unpaired) electrons. The van der Waals surface area contributed by atoms with Crippen molar-refractivity contribution in [2.75, 3.05) is 13.2 Å². The molecule has 8 heteroatoms. The minimum Gasteiger partial charge on any atom is -0.493 e. The van der Waals surface area contributed by atoms with Crippen LogP contribution in [0.2, 0.25) is 10.0 Å². The third-order valence-corrected chi connectivity index (χ3v) is 4.14. The molecule has 2 amide bonds. The Kier molecular flexibility index (Phi) is 8.23. The zero-order valence-corrected chi connectivity index (χ0v) is 16.3. The molecule has 0 unspecified atom stereocenters. The summed E-state index contributed by atoms with van der Waals surface area (Å²) < 4.78 is 10.4. The van der Waals surface area contributed by atoms with Crippen molar-refractivity contribution in [2.24, 2.45) is 0 Å². The van der Waals surface area contributed by atoms with Gasteiger partial charge in [0, 0.05) is 10.0 Å². The third-order valence-electron chi connectivity index (χ3n) is 3.55. The van der Waals surface area contributed by atoms with Crippen molar-refractivity contribution in [2.45, 2.75) is 19.8 Å². The average Bonchev–Trinajstić information content (AvgIpc) is 2.65. The van der Waals surface area contributed by atoms with Crippen LogP contribution in [-0.2, 0) is 11.2 Å². The molecule has 0 bridgehead atoms. The second kappa shape index (κ2) is 10.6. The maximum Gasteiger partial charge on any atom is 0.426 e. The lowest BCUT2D eigenvalue weighted by atomic mass is 10.1. The van der Waals surface area contributed by atoms with E-state index in [1.165, 1.54) is 0 Å². The number of nitrogens with one attached hydrogen (secondary N) is 2. The molecule has 2 N–H and O–H groups in total. The molecular weight excluding hydrogens is 391 g/mol. The second-order valence-electron chi connectivity index (χ2n) is 5.48. The van der Waals surface area contributed by atoms with Gasteiger partial charge in [0.25, 0.3) is 5.91 Å². The van der Waals surface area contributed by atoms with E-state index >= 15 is 0 Å². The zero-order valence-electron chi connectivity index (χ0n) is 14.8. The number of hydrazine groups is 1. The highest BCUT2D eigenvalue weighted by molar-refractivity contribution is 6.35. The normalized spacial score (nSPS) is 10.2. The van der Waals surface area contributed by atoms with Crippen molar-refractivity contribution in [3.63, 3.8) is 0 Å². The molecule has 0 aromatic heterocycles. The molecule has 0 fully saturated rings. The topological polar surface area (TPSA) is 76.7 Å². The van der Waals surface area contributed by atoms with Crippen LogP contribution in [0, 0.1) is 0 Å². The Hall–Kier alpha value is -2.44. The van der Waals surface area contributed by atoms with Gasteiger partial charge in [0.15, 0.2) is 0 Å². The van der Waals surface area contributed by atoms with E-state index in [4.69, 9.17) is 32.7 Å². The zero-order chi connectivity index (χ0) is 19.6. The summed E-state index contributed by atoms with van der Waals surface area (Å²) in [4.78, 5) is 23.8. The number of carbonyl (C=O) groups excluding carboxylic acids is 2. The SMILES string of the molecule is CCOc1ccccc1C(=O)NNC(=O)OCCCc1ccc(Cl)cc1Cl. The fraction of sp³-hybridized carbons (Fsp3) is 0.263. The number of hydrogen-bond acceptors (Lipinski definition) is 4. The van der Waals surface area contributed by atoms with Crippen LogP contribution in [0.4, 0.5) is 4.79 Å². The highest BCUT2D eigenvalue weighted by Gasteiger charge is 2.13. The van der Waals surface area contributed by atoms with Gasteiger partial charge in [-0.05, 0) is 49.6 Å². The van der Waals surface area contributed by atoms with Gasteiger partial charge in [0.2, 0.25) is 0 Å². The van der Waals surface area contributed by atoms with Crippen molar-refractivity contribution in [3.05, 3.63) is 63.6 Å². The summed E-state index contributed by atoms with van der Waals surface area (Å²) in [6.45, 7) is 2.43. The number of benzene rings is 2. The summed E-state index contributed by atoms with van der Waals surface area (Å²) in [5.74, 6) is -0.0588. The first-order chi connectivity index (χ1) is 13.0. The van der Waals surface area contributed by atoms with Gasteiger partial charge in [-0.3, -0.25) is 10.2 Å². The molecule has 0 aliphatic rings. The minimum atomic E-state index is -0.751. The van der Waals surface area contributed by atoms with Crippen LogP contribution in [0.3, 0.4) is 0 Å². The van der Waals surface area contributed by atoms with Gasteiger partial charge >= 0.3 is 6.09 Å². The van der Waals surface area contributed by atoms with Gasteiger partial charge in [-0.2, -0.15) is 0 Å². The van der Waals surface area contributed by atoms with E-state index in [0.29, 0.717) is 40.8 Å². The Balaban J connectivity index is 1.72. The molecule has 2 aromatic rings. The Morgan fingerprint density at radius 3 is 2.59 bits per heavy atom. The van der Waals surface area contributed by atoms with Crippen molar-refractivity contribution in [1.82, 2.24) is 10.9 Å². The van der Waals surface area contributed by atoms with Gasteiger partial charge in [-0.15, -0.1) is 0 Å². The van der Waals surface area contributed by atoms with Crippen LogP contribution >= 0.6 is 23.2 Å². The number of halogens is 2. The van der Waals surface area contributed by atoms with E-state index < -0.39 is 12.0 Å². The Morgan fingerprint density at radius 1 is 1.07 bits per heavy atom. The molecule has 0 aliphatic heterocycles. The van der Waals surface area contributed by atoms with Gasteiger partial charge in [0.05, 0.1) is 18.8 Å². The van der Waals surface area contributed by atoms with Gasteiger partial charge in [-0.25, -0.2) is 10.2 Å². The predicted octanol–water partition coefficient (Wildman–Crippen LogP) is 4.40. The maximum atomic E-state index is 12.1. The molecule has 0 saturated heterocycles. The summed E-state index contributed by atoms with van der Waals surface area (Å²) in [5, 5.41) is 1.15. The molecular formula is C19H20Cl2N2O4. The fourth-order valence-corrected chi connectivity index (χ4v) is 2.80. The molecule has 6 nitrogen and oxygen atoms in total. The standard InChI is InChI=1S/C19H20Cl2N2O4/c1-2-26-17-8-4-3-7-15(17)18(24)22-23-19(25)27-11-5-6-13-9-10-14(20)12-16(13)21/h3-4,7-10,12H,2,5-6,11H2,1H3,(H,22,24)(H,23,25). The van der Waals surface area contributed by atoms with Crippen LogP contribution in [0.5, 0.6) is 5.75 Å². The van der Waals surface area contributed by atoms with Gasteiger partial charge in [-0.1, -0.05) is 41.4 Å². The quantitative estimate of drug-likeness (QED) is 0.523. The van der Waals surface area contributed by atoms with Crippen LogP contribution in [0.25, 0.3) is 0 Å². The van der Waals surface area contributed by atoms with Gasteiger partial charge in [0.1, 0.15) is 5.75 Å². The second-order valence-corrected chi connectivity index (χ2v) is 6.33. The first kappa shape index (κ1) is 20.9. The van der Waals surface area contributed by atoms with Crippen LogP contribution in [0.1, 0.15) is 29.3 Å². The summed E-state index contributed by atoms with van der Waals surface area (Å²) in [7, 11) is 0. The number of aryl methyl sites for hydroxylation is 1. The largest absolute Gasteiger partial charge is 0.493 e. The van der Waals surface area contributed by atoms with Crippen LogP contribution < -0.4 is 15.6 Å². The lowest BCUT2D eigenvalue weighted by Crippen LogP contribution is -2.42. The van der Waals surface area contributed by atoms with Crippen LogP contribution in [0.15, 0.2) is 42.5 Å². The van der Waals surface area contributed by atoms with E-state index in [-0.39, 0.29) is 6.61 Å². The lowest BCUT2D eigenvalue weighted by molar-refractivity contribution is 0.0905. The summed E-state index contributed by atoms with van der Waals surface area (Å²) >= 11 is 11.9. The molecule has 144 valence electrons. The van der Waals surface area contributed by atoms with E-state index in [9.17, 15) is 9.59 Å². The summed E-state index contributed by atoms with van der Waals surface area (Å²) in [6, 6.07) is 12.0. The highest BCUT2D eigenvalue weighted by Crippen LogP contribution is 2.22. The Morgan fingerprint density at radius 2 is 1.85 bits per heavy atom. The number of ether oxygens (including phenoxy) is 2. The van der Waals surface area contributed by atoms with Gasteiger partial charge < -0.3 is 9.47 Å². The Bertz CT molecular complexity index is 799. The number of hydrogen-bond donors (Lipinski definition) is 2. The minimum absolute atomic E-state index is 0.177. The molecule has 0 saturated carbocycles. The van der Waals surface area contributed by atoms with Crippen molar-refractivity contribution < 1.29 is 19.1 Å². The van der Waals surface area contributed by atoms with Crippen molar-refractivity contribution in [3.8, 4) is 5.75 Å². The maximum absolute atomic E-state index is 12.1. The monoisotopic (exact) mass is 410 g/mol. The molecule has 0 atom stereocenters. The molecule has 2 rings (SSSR count). The smallest absolute Gasteiger partial charge is 0.426 e. The number of amides is 2. The molecule has 0 aliphatic carbocycles. The van der Waals surface area contributed by atoms with Crippen molar-refractivity contribution >= 4 is 35.2 Å². The highest BCUT2D eigenvalue weighted by atomic mass is 35.5. The van der Waals surface area contributed by atoms with E-state index in [1.54, 1.807) is 36.4 Å². The van der Waals surface area contributed by atoms with E-state index in [1.807, 2.05) is 13.0 Å². The average molecular weight is 411 g/mol. The molecule has 27 heavy (non-hydrogen) atoms. The molecule has 2 aromatic carbocycles. The number of carbonyl (C=O) groups is 2. The van der Waals surface area contributed by atoms with Crippen LogP contribution in [-0.4, -0.2) is 25.2 Å². The lowest BCUT2D eigenvalue weighted by Gasteiger charge is -2.11. The third kappa shape index (κ3) is 6.66. The fourth-order valence-electron chi connectivity index (χ4n) is 2.30. The van der Waals surface area contributed by atoms with E-state index in [2.05, 4.69) is 10.9 Å². The summed E-state index contributed by atoms with van der Waals surface area (Å²) in [5.41, 5.74) is 5.74. The molecule has 0 heterocycles. The summed E-state index contributed by atoms with van der Waals surface area (Å²) in [6.07, 6.45) is 0.465. The molecule has 0 spiro atoms. The Labute approximate surface area is 167 Å². The van der Waals surface area contributed by atoms with E-state index in [0.717, 1.165) is 5.56 Å². The first-order valence-corrected chi connectivity index (χ1v) is 9.15. The number of para-hydroxylation sites is 1. The first-order valence-electron chi connectivity index (χ1n) is 8.40. The van der Waals surface area contributed by atoms with Crippen molar-refractivity contribution in [1.29, 1.82) is 0 Å². The number of rotatable bonds is 7.